The van der Waals surface area contributed by atoms with Crippen LogP contribution in [0.4, 0.5) is 4.39 Å². The van der Waals surface area contributed by atoms with Crippen molar-refractivity contribution in [1.29, 1.82) is 0 Å². The second-order valence-corrected chi connectivity index (χ2v) is 12.5. The Balaban J connectivity index is 1.32. The van der Waals surface area contributed by atoms with Crippen LogP contribution in [0, 0.1) is 16.6 Å². The van der Waals surface area contributed by atoms with Crippen molar-refractivity contribution in [3.63, 3.8) is 0 Å². The van der Waals surface area contributed by atoms with Gasteiger partial charge in [-0.2, -0.15) is 0 Å². The number of halogens is 1. The summed E-state index contributed by atoms with van der Waals surface area (Å²) < 4.78 is 27.2. The van der Waals surface area contributed by atoms with Gasteiger partial charge in [-0.05, 0) is 126 Å². The van der Waals surface area contributed by atoms with Crippen LogP contribution < -0.4 is 4.74 Å². The molecule has 37 heavy (non-hydrogen) atoms. The molecule has 0 bridgehead atoms. The first-order chi connectivity index (χ1) is 17.7. The summed E-state index contributed by atoms with van der Waals surface area (Å²) in [4.78, 5) is 0. The standard InChI is InChI=1S/C34H39FO2/c1-32(2)14-5-7-29(32)27-19-23(8-10-26(27)28-20-25(36-4)9-11-31(28)35)22-37-33(3)17-12-24-13-18-34(15-6-16-34)30(24)21-33/h7-12,19-21H,5-6,13-18,22H2,1-4H3. The Bertz CT molecular complexity index is 1320. The first-order valence-electron chi connectivity index (χ1n) is 14.0. The van der Waals surface area contributed by atoms with Crippen LogP contribution in [-0.4, -0.2) is 12.7 Å². The number of hydrogen-bond acceptors (Lipinski definition) is 2. The molecule has 1 unspecified atom stereocenters. The largest absolute Gasteiger partial charge is 0.497 e. The Morgan fingerprint density at radius 3 is 2.41 bits per heavy atom. The molecule has 2 nitrogen and oxygen atoms in total. The third-order valence-electron chi connectivity index (χ3n) is 9.56. The van der Waals surface area contributed by atoms with E-state index in [9.17, 15) is 0 Å². The van der Waals surface area contributed by atoms with E-state index in [1.54, 1.807) is 24.3 Å². The smallest absolute Gasteiger partial charge is 0.131 e. The quantitative estimate of drug-likeness (QED) is 0.395. The Hall–Kier alpha value is -2.65. The lowest BCUT2D eigenvalue weighted by molar-refractivity contribution is -0.00740. The highest BCUT2D eigenvalue weighted by molar-refractivity contribution is 5.85. The minimum absolute atomic E-state index is 0.0457. The fourth-order valence-corrected chi connectivity index (χ4v) is 7.04. The molecule has 0 aliphatic heterocycles. The van der Waals surface area contributed by atoms with Crippen molar-refractivity contribution in [2.45, 2.75) is 84.3 Å². The average Bonchev–Trinajstić information content (AvgIpc) is 3.42. The fourth-order valence-electron chi connectivity index (χ4n) is 7.04. The minimum atomic E-state index is -0.282. The maximum absolute atomic E-state index is 15.1. The molecule has 6 rings (SSSR count). The first-order valence-corrected chi connectivity index (χ1v) is 14.0. The molecule has 0 N–H and O–H groups in total. The second kappa shape index (κ2) is 8.98. The van der Waals surface area contributed by atoms with E-state index in [1.165, 1.54) is 43.7 Å². The number of benzene rings is 2. The molecule has 4 aliphatic carbocycles. The highest BCUT2D eigenvalue weighted by Gasteiger charge is 2.47. The highest BCUT2D eigenvalue weighted by atomic mass is 19.1. The van der Waals surface area contributed by atoms with Crippen molar-refractivity contribution in [2.24, 2.45) is 10.8 Å². The van der Waals surface area contributed by atoms with Gasteiger partial charge in [0.05, 0.1) is 19.3 Å². The maximum Gasteiger partial charge on any atom is 0.131 e. The van der Waals surface area contributed by atoms with Crippen molar-refractivity contribution >= 4 is 5.57 Å². The van der Waals surface area contributed by atoms with Crippen LogP contribution >= 0.6 is 0 Å². The predicted octanol–water partition coefficient (Wildman–Crippen LogP) is 9.20. The van der Waals surface area contributed by atoms with Gasteiger partial charge in [-0.15, -0.1) is 0 Å². The summed E-state index contributed by atoms with van der Waals surface area (Å²) in [5, 5.41) is 0. The molecule has 2 fully saturated rings. The van der Waals surface area contributed by atoms with Gasteiger partial charge in [0.1, 0.15) is 11.6 Å². The summed E-state index contributed by atoms with van der Waals surface area (Å²) in [5.74, 6) is 0.434. The summed E-state index contributed by atoms with van der Waals surface area (Å²) in [5.41, 5.74) is 8.38. The van der Waals surface area contributed by atoms with Gasteiger partial charge in [-0.1, -0.05) is 44.6 Å². The Kier molecular flexibility index (Phi) is 5.99. The lowest BCUT2D eigenvalue weighted by Crippen LogP contribution is -2.33. The summed E-state index contributed by atoms with van der Waals surface area (Å²) in [7, 11) is 1.62. The number of allylic oxidation sites excluding steroid dienone is 4. The number of fused-ring (bicyclic) bond motifs is 2. The van der Waals surface area contributed by atoms with E-state index in [2.05, 4.69) is 57.2 Å². The van der Waals surface area contributed by atoms with Crippen molar-refractivity contribution in [2.75, 3.05) is 7.11 Å². The molecule has 3 heteroatoms. The van der Waals surface area contributed by atoms with Crippen LogP contribution in [0.5, 0.6) is 5.75 Å². The number of hydrogen-bond donors (Lipinski definition) is 0. The van der Waals surface area contributed by atoms with E-state index in [4.69, 9.17) is 9.47 Å². The van der Waals surface area contributed by atoms with Crippen LogP contribution in [0.15, 0.2) is 65.8 Å². The lowest BCUT2D eigenvalue weighted by atomic mass is 9.63. The molecule has 2 aromatic rings. The fraction of sp³-hybridized carbons (Fsp3) is 0.471. The molecule has 194 valence electrons. The normalized spacial score (nSPS) is 25.3. The third-order valence-corrected chi connectivity index (χ3v) is 9.56. The summed E-state index contributed by atoms with van der Waals surface area (Å²) in [6, 6.07) is 11.4. The molecule has 2 saturated carbocycles. The second-order valence-electron chi connectivity index (χ2n) is 12.5. The monoisotopic (exact) mass is 498 g/mol. The molecule has 2 aromatic carbocycles. The van der Waals surface area contributed by atoms with E-state index in [0.29, 0.717) is 23.3 Å². The van der Waals surface area contributed by atoms with E-state index < -0.39 is 0 Å². The van der Waals surface area contributed by atoms with Crippen LogP contribution in [-0.2, 0) is 11.3 Å². The first kappa shape index (κ1) is 24.7. The van der Waals surface area contributed by atoms with Gasteiger partial charge in [0.25, 0.3) is 0 Å². The van der Waals surface area contributed by atoms with Gasteiger partial charge >= 0.3 is 0 Å². The van der Waals surface area contributed by atoms with E-state index in [1.807, 2.05) is 6.07 Å². The summed E-state index contributed by atoms with van der Waals surface area (Å²) >= 11 is 0. The number of methoxy groups -OCH3 is 1. The molecule has 1 spiro atoms. The highest BCUT2D eigenvalue weighted by Crippen LogP contribution is 2.60. The topological polar surface area (TPSA) is 18.5 Å². The molecule has 4 aliphatic rings. The van der Waals surface area contributed by atoms with Crippen LogP contribution in [0.2, 0.25) is 0 Å². The molecule has 0 heterocycles. The zero-order valence-corrected chi connectivity index (χ0v) is 22.8. The molecule has 0 saturated heterocycles. The predicted molar refractivity (Wildman–Crippen MR) is 149 cm³/mol. The van der Waals surface area contributed by atoms with Crippen molar-refractivity contribution in [3.8, 4) is 16.9 Å². The van der Waals surface area contributed by atoms with Gasteiger partial charge < -0.3 is 9.47 Å². The van der Waals surface area contributed by atoms with Crippen molar-refractivity contribution in [1.82, 2.24) is 0 Å². The van der Waals surface area contributed by atoms with Crippen LogP contribution in [0.1, 0.15) is 83.3 Å². The minimum Gasteiger partial charge on any atom is -0.497 e. The maximum atomic E-state index is 15.1. The Morgan fingerprint density at radius 1 is 0.865 bits per heavy atom. The zero-order chi connectivity index (χ0) is 25.8. The lowest BCUT2D eigenvalue weighted by Gasteiger charge is -2.42. The van der Waals surface area contributed by atoms with Gasteiger partial charge in [0.2, 0.25) is 0 Å². The van der Waals surface area contributed by atoms with Crippen LogP contribution in [0.3, 0.4) is 0 Å². The van der Waals surface area contributed by atoms with Gasteiger partial charge in [0.15, 0.2) is 0 Å². The molecule has 0 aromatic heterocycles. The molecular formula is C34H39FO2. The number of rotatable bonds is 6. The molecule has 0 radical (unpaired) electrons. The summed E-state index contributed by atoms with van der Waals surface area (Å²) in [6.45, 7) is 7.36. The Labute approximate surface area is 221 Å². The van der Waals surface area contributed by atoms with E-state index in [0.717, 1.165) is 36.0 Å². The third kappa shape index (κ3) is 4.30. The molecule has 0 amide bonds. The molecular weight excluding hydrogens is 459 g/mol. The molecule has 1 atom stereocenters. The van der Waals surface area contributed by atoms with Crippen molar-refractivity contribution < 1.29 is 13.9 Å². The number of ether oxygens (including phenoxy) is 2. The SMILES string of the molecule is COc1ccc(F)c(-c2ccc(COC3(C)C=C4C(=CC3)CCC43CCC3)cc2C2=CCCC2(C)C)c1. The average molecular weight is 499 g/mol. The zero-order valence-electron chi connectivity index (χ0n) is 22.8. The summed E-state index contributed by atoms with van der Waals surface area (Å²) in [6.07, 6.45) is 16.9. The van der Waals surface area contributed by atoms with Gasteiger partial charge in [-0.3, -0.25) is 0 Å². The van der Waals surface area contributed by atoms with E-state index in [-0.39, 0.29) is 16.8 Å². The Morgan fingerprint density at radius 2 is 1.70 bits per heavy atom. The van der Waals surface area contributed by atoms with E-state index >= 15 is 4.39 Å². The van der Waals surface area contributed by atoms with Gasteiger partial charge in [0, 0.05) is 5.56 Å². The van der Waals surface area contributed by atoms with Crippen LogP contribution in [0.25, 0.3) is 16.7 Å². The van der Waals surface area contributed by atoms with Gasteiger partial charge in [-0.25, -0.2) is 4.39 Å². The van der Waals surface area contributed by atoms with Crippen molar-refractivity contribution in [3.05, 3.63) is 82.7 Å².